The van der Waals surface area contributed by atoms with Crippen molar-refractivity contribution >= 4 is 0 Å². The largest absolute Gasteiger partial charge is 0.305 e. The predicted octanol–water partition coefficient (Wildman–Crippen LogP) is 4.00. The lowest BCUT2D eigenvalue weighted by Gasteiger charge is -2.17. The molecule has 0 amide bonds. The third-order valence-corrected chi connectivity index (χ3v) is 4.68. The van der Waals surface area contributed by atoms with E-state index in [0.717, 1.165) is 13.1 Å². The molecule has 0 unspecified atom stereocenters. The molecular formula is C22H28N4. The zero-order valence-corrected chi connectivity index (χ0v) is 16.1. The maximum atomic E-state index is 4.26. The molecule has 1 atom stereocenters. The summed E-state index contributed by atoms with van der Waals surface area (Å²) in [7, 11) is 6.17. The van der Waals surface area contributed by atoms with E-state index in [1.54, 1.807) is 0 Å². The van der Waals surface area contributed by atoms with Crippen molar-refractivity contribution in [3.8, 4) is 11.1 Å². The van der Waals surface area contributed by atoms with Crippen LogP contribution in [-0.2, 0) is 20.1 Å². The van der Waals surface area contributed by atoms with Crippen LogP contribution in [-0.4, -0.2) is 28.8 Å². The fraction of sp³-hybridized carbons (Fsp3) is 0.318. The number of hydrogen-bond acceptors (Lipinski definition) is 3. The molecule has 26 heavy (non-hydrogen) atoms. The third kappa shape index (κ3) is 4.40. The maximum Gasteiger partial charge on any atom is 0.0547 e. The lowest BCUT2D eigenvalue weighted by Crippen LogP contribution is -2.20. The molecule has 0 bridgehead atoms. The molecule has 3 aromatic rings. The number of nitrogens with one attached hydrogen (secondary N) is 1. The average molecular weight is 348 g/mol. The van der Waals surface area contributed by atoms with E-state index in [-0.39, 0.29) is 6.04 Å². The van der Waals surface area contributed by atoms with Crippen molar-refractivity contribution in [1.82, 2.24) is 20.0 Å². The molecule has 136 valence electrons. The molecule has 1 aromatic heterocycles. The number of aromatic nitrogens is 2. The van der Waals surface area contributed by atoms with E-state index in [0.29, 0.717) is 0 Å². The molecule has 0 radical (unpaired) electrons. The van der Waals surface area contributed by atoms with E-state index in [2.05, 4.69) is 90.9 Å². The van der Waals surface area contributed by atoms with Gasteiger partial charge in [-0.1, -0.05) is 48.5 Å². The summed E-state index contributed by atoms with van der Waals surface area (Å²) < 4.78 is 1.92. The van der Waals surface area contributed by atoms with E-state index >= 15 is 0 Å². The molecular weight excluding hydrogens is 320 g/mol. The van der Waals surface area contributed by atoms with Crippen LogP contribution in [0.1, 0.15) is 29.8 Å². The molecule has 3 rings (SSSR count). The first-order valence-electron chi connectivity index (χ1n) is 9.08. The Morgan fingerprint density at radius 1 is 1.04 bits per heavy atom. The predicted molar refractivity (Wildman–Crippen MR) is 108 cm³/mol. The second-order valence-corrected chi connectivity index (χ2v) is 7.07. The van der Waals surface area contributed by atoms with Gasteiger partial charge in [0.25, 0.3) is 0 Å². The summed E-state index contributed by atoms with van der Waals surface area (Å²) in [6.45, 7) is 3.96. The Morgan fingerprint density at radius 2 is 1.77 bits per heavy atom. The number of nitrogens with zero attached hydrogens (tertiary/aromatic N) is 3. The molecule has 1 heterocycles. The fourth-order valence-electron chi connectivity index (χ4n) is 3.29. The molecule has 0 aliphatic carbocycles. The highest BCUT2D eigenvalue weighted by Crippen LogP contribution is 2.25. The summed E-state index contributed by atoms with van der Waals surface area (Å²) in [6.07, 6.45) is 1.84. The average Bonchev–Trinajstić information content (AvgIpc) is 3.06. The van der Waals surface area contributed by atoms with Crippen LogP contribution in [0, 0.1) is 0 Å². The number of rotatable bonds is 7. The van der Waals surface area contributed by atoms with E-state index < -0.39 is 0 Å². The van der Waals surface area contributed by atoms with Crippen LogP contribution in [0.3, 0.4) is 0 Å². The van der Waals surface area contributed by atoms with Gasteiger partial charge in [0.2, 0.25) is 0 Å². The van der Waals surface area contributed by atoms with Gasteiger partial charge >= 0.3 is 0 Å². The Morgan fingerprint density at radius 3 is 2.42 bits per heavy atom. The van der Waals surface area contributed by atoms with Gasteiger partial charge in [0.15, 0.2) is 0 Å². The van der Waals surface area contributed by atoms with Crippen LogP contribution < -0.4 is 5.32 Å². The maximum absolute atomic E-state index is 4.26. The van der Waals surface area contributed by atoms with Crippen LogP contribution in [0.25, 0.3) is 11.1 Å². The first-order valence-corrected chi connectivity index (χ1v) is 9.08. The van der Waals surface area contributed by atoms with Gasteiger partial charge in [0.1, 0.15) is 0 Å². The quantitative estimate of drug-likeness (QED) is 0.700. The Balaban J connectivity index is 1.75. The Kier molecular flexibility index (Phi) is 5.86. The standard InChI is InChI=1S/C22H28N4/c1-17(22-13-14-24-26(22)4)23-15-20-7-5-6-8-21(20)19-11-9-18(10-12-19)16-25(2)3/h5-14,17,23H,15-16H2,1-4H3/t17-/m1/s1. The molecule has 4 nitrogen and oxygen atoms in total. The fourth-order valence-corrected chi connectivity index (χ4v) is 3.29. The van der Waals surface area contributed by atoms with E-state index in [1.165, 1.54) is 27.9 Å². The van der Waals surface area contributed by atoms with Crippen molar-refractivity contribution in [2.24, 2.45) is 7.05 Å². The molecule has 1 N–H and O–H groups in total. The summed E-state index contributed by atoms with van der Waals surface area (Å²) in [6, 6.07) is 19.8. The smallest absolute Gasteiger partial charge is 0.0547 e. The van der Waals surface area contributed by atoms with Gasteiger partial charge in [-0.2, -0.15) is 5.10 Å². The Bertz CT molecular complexity index is 833. The van der Waals surface area contributed by atoms with Gasteiger partial charge in [0.05, 0.1) is 5.69 Å². The van der Waals surface area contributed by atoms with Crippen LogP contribution >= 0.6 is 0 Å². The molecule has 0 saturated carbocycles. The van der Waals surface area contributed by atoms with Gasteiger partial charge in [-0.3, -0.25) is 4.68 Å². The van der Waals surface area contributed by atoms with Crippen molar-refractivity contribution in [3.63, 3.8) is 0 Å². The minimum Gasteiger partial charge on any atom is -0.305 e. The second-order valence-electron chi connectivity index (χ2n) is 7.07. The highest BCUT2D eigenvalue weighted by Gasteiger charge is 2.10. The minimum absolute atomic E-state index is 0.248. The van der Waals surface area contributed by atoms with E-state index in [1.807, 2.05) is 17.9 Å². The van der Waals surface area contributed by atoms with Crippen LogP contribution in [0.5, 0.6) is 0 Å². The number of benzene rings is 2. The Labute approximate surface area is 156 Å². The minimum atomic E-state index is 0.248. The molecule has 0 aliphatic heterocycles. The highest BCUT2D eigenvalue weighted by atomic mass is 15.3. The van der Waals surface area contributed by atoms with Crippen LogP contribution in [0.4, 0.5) is 0 Å². The normalized spacial score (nSPS) is 12.5. The number of hydrogen-bond donors (Lipinski definition) is 1. The van der Waals surface area contributed by atoms with Crippen molar-refractivity contribution in [2.45, 2.75) is 26.1 Å². The van der Waals surface area contributed by atoms with Crippen molar-refractivity contribution in [3.05, 3.63) is 77.6 Å². The van der Waals surface area contributed by atoms with E-state index in [4.69, 9.17) is 0 Å². The van der Waals surface area contributed by atoms with Gasteiger partial charge in [-0.25, -0.2) is 0 Å². The van der Waals surface area contributed by atoms with Gasteiger partial charge < -0.3 is 10.2 Å². The lowest BCUT2D eigenvalue weighted by molar-refractivity contribution is 0.402. The lowest BCUT2D eigenvalue weighted by atomic mass is 9.98. The summed E-state index contributed by atoms with van der Waals surface area (Å²) >= 11 is 0. The molecule has 0 aliphatic rings. The van der Waals surface area contributed by atoms with Gasteiger partial charge in [0, 0.05) is 32.4 Å². The summed E-state index contributed by atoms with van der Waals surface area (Å²) in [5.74, 6) is 0. The summed E-state index contributed by atoms with van der Waals surface area (Å²) in [4.78, 5) is 2.19. The zero-order valence-electron chi connectivity index (χ0n) is 16.1. The molecule has 2 aromatic carbocycles. The second kappa shape index (κ2) is 8.30. The topological polar surface area (TPSA) is 33.1 Å². The zero-order chi connectivity index (χ0) is 18.5. The van der Waals surface area contributed by atoms with Crippen LogP contribution in [0.2, 0.25) is 0 Å². The SMILES string of the molecule is C[C@@H](NCc1ccccc1-c1ccc(CN(C)C)cc1)c1ccnn1C. The van der Waals surface area contributed by atoms with Crippen molar-refractivity contribution in [1.29, 1.82) is 0 Å². The number of aryl methyl sites for hydroxylation is 1. The van der Waals surface area contributed by atoms with Crippen molar-refractivity contribution < 1.29 is 0 Å². The van der Waals surface area contributed by atoms with Gasteiger partial charge in [-0.15, -0.1) is 0 Å². The molecule has 4 heteroatoms. The monoisotopic (exact) mass is 348 g/mol. The summed E-state index contributed by atoms with van der Waals surface area (Å²) in [5, 5.41) is 7.88. The first-order chi connectivity index (χ1) is 12.5. The first kappa shape index (κ1) is 18.4. The third-order valence-electron chi connectivity index (χ3n) is 4.68. The molecule has 0 saturated heterocycles. The summed E-state index contributed by atoms with van der Waals surface area (Å²) in [5.41, 5.74) is 6.38. The molecule has 0 spiro atoms. The Hall–Kier alpha value is -2.43. The van der Waals surface area contributed by atoms with Gasteiger partial charge in [-0.05, 0) is 49.3 Å². The highest BCUT2D eigenvalue weighted by molar-refractivity contribution is 5.67. The van der Waals surface area contributed by atoms with Crippen molar-refractivity contribution in [2.75, 3.05) is 14.1 Å². The van der Waals surface area contributed by atoms with E-state index in [9.17, 15) is 0 Å². The van der Waals surface area contributed by atoms with Crippen LogP contribution in [0.15, 0.2) is 60.8 Å². The molecule has 0 fully saturated rings.